The highest BCUT2D eigenvalue weighted by Gasteiger charge is 2.29. The van der Waals surface area contributed by atoms with Crippen LogP contribution in [0.3, 0.4) is 0 Å². The molecule has 428 valence electrons. The molecule has 5 rings (SSSR count). The Morgan fingerprint density at radius 3 is 1.00 bits per heavy atom. The largest absolute Gasteiger partial charge is 0.390 e. The number of carbonyl (C=O) groups excluding carboxylic acids is 1. The summed E-state index contributed by atoms with van der Waals surface area (Å²) >= 11 is 0. The summed E-state index contributed by atoms with van der Waals surface area (Å²) in [4.78, 5) is 22.6. The van der Waals surface area contributed by atoms with Gasteiger partial charge >= 0.3 is 0 Å². The van der Waals surface area contributed by atoms with Crippen LogP contribution < -0.4 is 0 Å². The molecule has 69 heavy (non-hydrogen) atoms. The van der Waals surface area contributed by atoms with E-state index in [4.69, 9.17) is 17.5 Å². The van der Waals surface area contributed by atoms with Crippen molar-refractivity contribution in [2.75, 3.05) is 101 Å². The highest BCUT2D eigenvalue weighted by Crippen LogP contribution is 2.27. The zero-order valence-electron chi connectivity index (χ0n) is 58.5. The van der Waals surface area contributed by atoms with Gasteiger partial charge in [0.25, 0.3) is 0 Å². The van der Waals surface area contributed by atoms with E-state index in [0.29, 0.717) is 23.5 Å². The molecule has 0 spiro atoms. The lowest BCUT2D eigenvalue weighted by molar-refractivity contribution is -0.122. The fourth-order valence-electron chi connectivity index (χ4n) is 7.10. The van der Waals surface area contributed by atoms with Gasteiger partial charge in [0.05, 0.1) is 11.7 Å². The van der Waals surface area contributed by atoms with Crippen molar-refractivity contribution < 1.29 is 16.8 Å². The summed E-state index contributed by atoms with van der Waals surface area (Å²) in [6, 6.07) is 1.75. The summed E-state index contributed by atoms with van der Waals surface area (Å²) in [5.74, 6) is 2.78. The maximum atomic E-state index is 10.9. The lowest BCUT2D eigenvalue weighted by atomic mass is 9.83. The Morgan fingerprint density at radius 1 is 0.551 bits per heavy atom. The molecule has 9 nitrogen and oxygen atoms in total. The normalized spacial score (nSPS) is 17.8. The SMILES string of the molecule is CC.CC.CC.CC.CC.CC.CC#N.CC(=N)C1CCN(C)CC1.CC(=O)C1CCN(C)CC1.CC(C)=C1CCN(C)CC1.CC1CCN(C)CC1.CN1CCC(C(C)(C)O)CC1.[2H]C.[2H]C.[2H]C.[2H]C.[2H]C. The topological polar surface area (TPSA) is 101 Å². The molecule has 0 bridgehead atoms. The second-order valence-corrected chi connectivity index (χ2v) is 17.3. The number of ketones is 1. The summed E-state index contributed by atoms with van der Waals surface area (Å²) in [7, 11) is 17.0. The minimum atomic E-state index is -0.471. The molecule has 5 fully saturated rings. The highest BCUT2D eigenvalue weighted by molar-refractivity contribution is 5.81. The predicted molar refractivity (Wildman–Crippen MR) is 325 cm³/mol. The second-order valence-electron chi connectivity index (χ2n) is 17.3. The van der Waals surface area contributed by atoms with Crippen LogP contribution >= 0.6 is 0 Å². The van der Waals surface area contributed by atoms with E-state index in [-0.39, 0.29) is 0 Å². The molecule has 0 aliphatic carbocycles. The van der Waals surface area contributed by atoms with Crippen molar-refractivity contribution in [3.05, 3.63) is 11.1 Å². The molecule has 0 aromatic rings. The fourth-order valence-corrected chi connectivity index (χ4v) is 7.10. The van der Waals surface area contributed by atoms with Gasteiger partial charge in [0.15, 0.2) is 0 Å². The number of nitrogens with zero attached hydrogens (tertiary/aromatic N) is 6. The maximum Gasteiger partial charge on any atom is 0.133 e. The van der Waals surface area contributed by atoms with Crippen molar-refractivity contribution in [3.8, 4) is 6.07 Å². The van der Waals surface area contributed by atoms with Crippen LogP contribution in [-0.2, 0) is 4.79 Å². The molecule has 0 saturated carbocycles. The van der Waals surface area contributed by atoms with E-state index < -0.39 is 5.60 Å². The molecule has 5 aliphatic rings. The Hall–Kier alpha value is -1.67. The number of allylic oxidation sites excluding steroid dienone is 1. The molecule has 5 saturated heterocycles. The third-order valence-corrected chi connectivity index (χ3v) is 11.6. The van der Waals surface area contributed by atoms with Crippen LogP contribution in [0.25, 0.3) is 0 Å². The zero-order valence-corrected chi connectivity index (χ0v) is 53.5. The molecule has 0 aromatic heterocycles. The number of carbonyl (C=O) groups is 1. The molecule has 2 N–H and O–H groups in total. The standard InChI is InChI=1S/C9H19NO.C9H17N.C8H16N2.C8H15NO.C7H15N.C2H3N.6C2H6.5CH4/c1-9(2,11)8-4-6-10(3)7-5-8;1-8(2)9-4-6-10(3)7-5-9;1-7(9)8-3-5-10(2)6-4-8;1-7(10)8-3-5-9(2)6-4-8;1-7-3-5-8(2)6-4-7;1-2-3;6*1-2;;;;;/h8,11H,4-7H2,1-3H3;4-7H2,1-3H3;8-9H,3-6H2,1-2H3;8H,3-6H2,1-2H3;7H,3-6H2,1-2H3;1H3;6*1-2H3;5*1H4/i;;;;;;;;;;;;5*1D. The van der Waals surface area contributed by atoms with Crippen LogP contribution in [0.5, 0.6) is 0 Å². The van der Waals surface area contributed by atoms with Gasteiger partial charge in [0.1, 0.15) is 5.78 Å². The predicted octanol–water partition coefficient (Wildman–Crippen LogP) is 16.6. The van der Waals surface area contributed by atoms with Gasteiger partial charge in [-0.05, 0) is 211 Å². The summed E-state index contributed by atoms with van der Waals surface area (Å²) in [6.45, 7) is 51.6. The second kappa shape index (κ2) is 68.4. The molecule has 0 aromatic carbocycles. The molecule has 0 radical (unpaired) electrons. The fraction of sp³-hybridized carbons (Fsp3) is 0.917. The Morgan fingerprint density at radius 2 is 0.783 bits per heavy atom. The number of nitrogens with one attached hydrogen (secondary N) is 1. The van der Waals surface area contributed by atoms with Crippen molar-refractivity contribution in [1.82, 2.24) is 24.5 Å². The number of rotatable bonds is 3. The number of nitriles is 1. The number of Topliss-reactive ketones (excluding diaryl/α,β-unsaturated/α-hetero) is 1. The van der Waals surface area contributed by atoms with Crippen molar-refractivity contribution >= 4 is 11.5 Å². The zero-order chi connectivity index (χ0) is 61.9. The van der Waals surface area contributed by atoms with Gasteiger partial charge in [-0.15, -0.1) is 0 Å². The third-order valence-electron chi connectivity index (χ3n) is 11.6. The number of piperidine rings is 5. The minimum absolute atomic E-state index is 0.358. The first-order chi connectivity index (χ1) is 35.3. The van der Waals surface area contributed by atoms with Gasteiger partial charge in [-0.3, -0.25) is 4.79 Å². The first-order valence-electron chi connectivity index (χ1n) is 31.5. The van der Waals surface area contributed by atoms with E-state index in [0.717, 1.165) is 63.5 Å². The van der Waals surface area contributed by atoms with E-state index in [1.165, 1.54) is 127 Å². The third kappa shape index (κ3) is 62.4. The molecule has 0 atom stereocenters. The van der Waals surface area contributed by atoms with Crippen molar-refractivity contribution in [2.45, 2.75) is 245 Å². The van der Waals surface area contributed by atoms with Gasteiger partial charge in [-0.1, -0.05) is 138 Å². The number of likely N-dealkylation sites (tertiary alicyclic amines) is 5. The Kier molecular flexibility index (Phi) is 80.7. The van der Waals surface area contributed by atoms with Crippen molar-refractivity contribution in [1.29, 1.82) is 10.7 Å². The van der Waals surface area contributed by atoms with Gasteiger partial charge in [0.2, 0.25) is 0 Å². The molecule has 5 aliphatic heterocycles. The van der Waals surface area contributed by atoms with E-state index in [2.05, 4.69) is 80.5 Å². The van der Waals surface area contributed by atoms with E-state index >= 15 is 0 Å². The van der Waals surface area contributed by atoms with Gasteiger partial charge < -0.3 is 35.0 Å². The van der Waals surface area contributed by atoms with Crippen LogP contribution in [0.15, 0.2) is 11.1 Å². The molecule has 0 unspecified atom stereocenters. The molecule has 9 heteroatoms. The monoisotopic (exact) mass is 997 g/mol. The van der Waals surface area contributed by atoms with Crippen LogP contribution in [0.2, 0.25) is 0 Å². The number of hydrogen-bond donors (Lipinski definition) is 2. The maximum absolute atomic E-state index is 10.9. The van der Waals surface area contributed by atoms with E-state index in [1.807, 2.05) is 104 Å². The first kappa shape index (κ1) is 81.4. The van der Waals surface area contributed by atoms with Crippen molar-refractivity contribution in [3.63, 3.8) is 0 Å². The summed E-state index contributed by atoms with van der Waals surface area (Å²) < 4.78 is 28.8. The molecular weight excluding hydrogens is 851 g/mol. The number of aliphatic hydroxyl groups is 1. The molecule has 5 heterocycles. The molecule has 0 amide bonds. The quantitative estimate of drug-likeness (QED) is 0.213. The summed E-state index contributed by atoms with van der Waals surface area (Å²) in [5, 5.41) is 24.5. The average Bonchev–Trinajstić information content (AvgIpc) is 3.44. The summed E-state index contributed by atoms with van der Waals surface area (Å²) in [6.07, 6.45) is 12.2. The Balaban J connectivity index is -0.0000000586. The van der Waals surface area contributed by atoms with E-state index in [9.17, 15) is 9.90 Å². The molecular formula is C60H141N7O2. The first-order valence-corrected chi connectivity index (χ1v) is 26.5. The van der Waals surface area contributed by atoms with Crippen LogP contribution in [0.1, 0.15) is 247 Å². The van der Waals surface area contributed by atoms with Crippen LogP contribution in [0, 0.1) is 40.4 Å². The van der Waals surface area contributed by atoms with Gasteiger partial charge in [-0.2, -0.15) is 5.26 Å². The van der Waals surface area contributed by atoms with Crippen LogP contribution in [0.4, 0.5) is 0 Å². The minimum Gasteiger partial charge on any atom is -0.390 e. The van der Waals surface area contributed by atoms with Gasteiger partial charge in [0, 0.05) is 38.5 Å². The summed E-state index contributed by atoms with van der Waals surface area (Å²) in [5.41, 5.74) is 3.61. The average molecular weight is 998 g/mol. The highest BCUT2D eigenvalue weighted by atomic mass is 16.3. The lowest BCUT2D eigenvalue weighted by Gasteiger charge is -2.36. The smallest absolute Gasteiger partial charge is 0.133 e. The van der Waals surface area contributed by atoms with Crippen LogP contribution in [-0.4, -0.2) is 147 Å². The Labute approximate surface area is 449 Å². The van der Waals surface area contributed by atoms with Crippen molar-refractivity contribution in [2.24, 2.45) is 23.7 Å². The lowest BCUT2D eigenvalue weighted by Crippen LogP contribution is -2.40. The van der Waals surface area contributed by atoms with Gasteiger partial charge in [-0.25, -0.2) is 0 Å². The number of hydrogen-bond acceptors (Lipinski definition) is 9. The van der Waals surface area contributed by atoms with E-state index in [1.54, 1.807) is 18.6 Å². The Bertz CT molecular complexity index is 991.